The number of carbonyl (C=O) groups excluding carboxylic acids is 2. The predicted molar refractivity (Wildman–Crippen MR) is 122 cm³/mol. The Labute approximate surface area is 182 Å². The van der Waals surface area contributed by atoms with Crippen molar-refractivity contribution in [2.24, 2.45) is 0 Å². The third-order valence-electron chi connectivity index (χ3n) is 5.49. The van der Waals surface area contributed by atoms with Crippen molar-refractivity contribution in [3.8, 4) is 0 Å². The lowest BCUT2D eigenvalue weighted by atomic mass is 9.98. The Hall–Kier alpha value is -3.44. The summed E-state index contributed by atoms with van der Waals surface area (Å²) < 4.78 is 0. The Morgan fingerprint density at radius 2 is 1.55 bits per heavy atom. The van der Waals surface area contributed by atoms with Gasteiger partial charge in [0.15, 0.2) is 6.54 Å². The molecule has 0 heterocycles. The van der Waals surface area contributed by atoms with Crippen molar-refractivity contribution in [2.45, 2.75) is 31.8 Å². The van der Waals surface area contributed by atoms with Crippen LogP contribution in [0, 0.1) is 6.92 Å². The monoisotopic (exact) mass is 414 g/mol. The van der Waals surface area contributed by atoms with Gasteiger partial charge in [0.25, 0.3) is 11.8 Å². The maximum Gasteiger partial charge on any atom is 0.279 e. The normalized spacial score (nSPS) is 14.0. The summed E-state index contributed by atoms with van der Waals surface area (Å²) in [5, 5.41) is 7.93. The summed E-state index contributed by atoms with van der Waals surface area (Å²) in [6.45, 7) is 2.31. The van der Waals surface area contributed by atoms with E-state index in [1.807, 2.05) is 35.6 Å². The number of hydrogen-bond donors (Lipinski definition) is 3. The second-order valence-electron chi connectivity index (χ2n) is 8.08. The van der Waals surface area contributed by atoms with E-state index in [-0.39, 0.29) is 30.4 Å². The summed E-state index contributed by atoms with van der Waals surface area (Å²) in [7, 11) is 0. The molecule has 0 unspecified atom stereocenters. The number of nitrogens with one attached hydrogen (secondary N) is 2. The van der Waals surface area contributed by atoms with Crippen LogP contribution in [0.2, 0.25) is 0 Å². The van der Waals surface area contributed by atoms with E-state index in [0.29, 0.717) is 11.3 Å². The number of nitrogens with two attached hydrogens (primary N) is 1. The highest BCUT2D eigenvalue weighted by Crippen LogP contribution is 2.22. The van der Waals surface area contributed by atoms with E-state index in [1.165, 1.54) is 5.56 Å². The highest BCUT2D eigenvalue weighted by Gasteiger charge is 2.25. The van der Waals surface area contributed by atoms with Crippen LogP contribution in [0.4, 0.5) is 5.69 Å². The number of anilines is 1. The number of quaternary nitrogens is 1. The third kappa shape index (κ3) is 5.58. The molecule has 5 heteroatoms. The number of hydrogen-bond acceptors (Lipinski definition) is 2. The zero-order valence-corrected chi connectivity index (χ0v) is 17.7. The molecule has 0 aromatic heterocycles. The molecule has 31 heavy (non-hydrogen) atoms. The van der Waals surface area contributed by atoms with Gasteiger partial charge in [-0.3, -0.25) is 9.59 Å². The Balaban J connectivity index is 1.45. The molecule has 1 fully saturated rings. The van der Waals surface area contributed by atoms with Gasteiger partial charge in [-0.25, -0.2) is 0 Å². The Bertz CT molecular complexity index is 1040. The molecule has 4 N–H and O–H groups in total. The fraction of sp³-hybridized carbons (Fsp3) is 0.231. The van der Waals surface area contributed by atoms with Crippen LogP contribution in [-0.2, 0) is 4.79 Å². The van der Waals surface area contributed by atoms with Gasteiger partial charge in [-0.15, -0.1) is 0 Å². The van der Waals surface area contributed by atoms with Gasteiger partial charge in [0.1, 0.15) is 6.04 Å². The molecule has 0 spiro atoms. The second-order valence-corrected chi connectivity index (χ2v) is 8.08. The predicted octanol–water partition coefficient (Wildman–Crippen LogP) is 3.18. The van der Waals surface area contributed by atoms with Gasteiger partial charge in [-0.05, 0) is 31.9 Å². The third-order valence-corrected chi connectivity index (χ3v) is 5.49. The molecule has 158 valence electrons. The molecule has 0 aliphatic heterocycles. The molecule has 1 aliphatic rings. The SMILES string of the molecule is Cc1ccc([C@H]([NH2+]CC(=O)Nc2ccccc2C(=O)NC2CC2)c2ccccc2)cc1. The molecule has 1 saturated carbocycles. The average molecular weight is 415 g/mol. The van der Waals surface area contributed by atoms with Crippen molar-refractivity contribution in [3.63, 3.8) is 0 Å². The first kappa shape index (κ1) is 20.8. The molecule has 2 amide bonds. The number of amides is 2. The highest BCUT2D eigenvalue weighted by atomic mass is 16.2. The minimum atomic E-state index is -0.139. The molecule has 0 bridgehead atoms. The van der Waals surface area contributed by atoms with E-state index >= 15 is 0 Å². The topological polar surface area (TPSA) is 74.8 Å². The molecule has 3 aromatic rings. The molecule has 4 rings (SSSR count). The highest BCUT2D eigenvalue weighted by molar-refractivity contribution is 6.04. The number of para-hydroxylation sites is 1. The van der Waals surface area contributed by atoms with E-state index in [0.717, 1.165) is 24.0 Å². The van der Waals surface area contributed by atoms with Gasteiger partial charge in [0.2, 0.25) is 0 Å². The summed E-state index contributed by atoms with van der Waals surface area (Å²) in [5.41, 5.74) is 4.54. The maximum atomic E-state index is 12.8. The minimum absolute atomic E-state index is 0.0148. The van der Waals surface area contributed by atoms with Gasteiger partial charge < -0.3 is 16.0 Å². The Morgan fingerprint density at radius 3 is 2.26 bits per heavy atom. The first-order valence-corrected chi connectivity index (χ1v) is 10.7. The van der Waals surface area contributed by atoms with Gasteiger partial charge in [-0.2, -0.15) is 0 Å². The zero-order chi connectivity index (χ0) is 21.6. The van der Waals surface area contributed by atoms with Gasteiger partial charge in [-0.1, -0.05) is 72.3 Å². The van der Waals surface area contributed by atoms with Crippen LogP contribution < -0.4 is 16.0 Å². The Kier molecular flexibility index (Phi) is 6.43. The lowest BCUT2D eigenvalue weighted by Gasteiger charge is -2.17. The number of aryl methyl sites for hydroxylation is 1. The lowest BCUT2D eigenvalue weighted by Crippen LogP contribution is -2.87. The van der Waals surface area contributed by atoms with Crippen molar-refractivity contribution in [1.29, 1.82) is 0 Å². The minimum Gasteiger partial charge on any atom is -0.349 e. The summed E-state index contributed by atoms with van der Waals surface area (Å²) in [6.07, 6.45) is 2.05. The van der Waals surface area contributed by atoms with Gasteiger partial charge >= 0.3 is 0 Å². The smallest absolute Gasteiger partial charge is 0.279 e. The molecular formula is C26H28N3O2+. The van der Waals surface area contributed by atoms with Crippen molar-refractivity contribution in [3.05, 3.63) is 101 Å². The van der Waals surface area contributed by atoms with Crippen LogP contribution in [0.5, 0.6) is 0 Å². The molecule has 3 aromatic carbocycles. The van der Waals surface area contributed by atoms with Gasteiger partial charge in [0.05, 0.1) is 11.3 Å². The second kappa shape index (κ2) is 9.58. The fourth-order valence-corrected chi connectivity index (χ4v) is 3.61. The zero-order valence-electron chi connectivity index (χ0n) is 17.7. The molecule has 0 radical (unpaired) electrons. The van der Waals surface area contributed by atoms with E-state index in [4.69, 9.17) is 0 Å². The number of carbonyl (C=O) groups is 2. The Morgan fingerprint density at radius 1 is 0.903 bits per heavy atom. The molecule has 1 atom stereocenters. The maximum absolute atomic E-state index is 12.8. The van der Waals surface area contributed by atoms with Crippen LogP contribution >= 0.6 is 0 Å². The summed E-state index contributed by atoms with van der Waals surface area (Å²) in [6, 6.07) is 26.0. The molecular weight excluding hydrogens is 386 g/mol. The van der Waals surface area contributed by atoms with Crippen LogP contribution in [0.1, 0.15) is 45.9 Å². The van der Waals surface area contributed by atoms with Gasteiger partial charge in [0, 0.05) is 17.2 Å². The fourth-order valence-electron chi connectivity index (χ4n) is 3.61. The summed E-state index contributed by atoms with van der Waals surface area (Å²) in [5.74, 6) is -0.274. The molecule has 5 nitrogen and oxygen atoms in total. The first-order chi connectivity index (χ1) is 15.1. The molecule has 1 aliphatic carbocycles. The van der Waals surface area contributed by atoms with Crippen LogP contribution in [0.3, 0.4) is 0 Å². The number of benzene rings is 3. The largest absolute Gasteiger partial charge is 0.349 e. The van der Waals surface area contributed by atoms with Crippen LogP contribution in [-0.4, -0.2) is 24.4 Å². The average Bonchev–Trinajstić information content (AvgIpc) is 3.60. The lowest BCUT2D eigenvalue weighted by molar-refractivity contribution is -0.676. The van der Waals surface area contributed by atoms with Crippen molar-refractivity contribution in [1.82, 2.24) is 5.32 Å². The first-order valence-electron chi connectivity index (χ1n) is 10.7. The van der Waals surface area contributed by atoms with Crippen molar-refractivity contribution in [2.75, 3.05) is 11.9 Å². The van der Waals surface area contributed by atoms with E-state index in [1.54, 1.807) is 12.1 Å². The van der Waals surface area contributed by atoms with Crippen molar-refractivity contribution < 1.29 is 14.9 Å². The van der Waals surface area contributed by atoms with Crippen LogP contribution in [0.25, 0.3) is 0 Å². The quantitative estimate of drug-likeness (QED) is 0.530. The summed E-state index contributed by atoms with van der Waals surface area (Å²) >= 11 is 0. The number of rotatable bonds is 8. The molecule has 0 saturated heterocycles. The van der Waals surface area contributed by atoms with Crippen LogP contribution in [0.15, 0.2) is 78.9 Å². The van der Waals surface area contributed by atoms with E-state index in [9.17, 15) is 9.59 Å². The van der Waals surface area contributed by atoms with E-state index < -0.39 is 0 Å². The van der Waals surface area contributed by atoms with Crippen molar-refractivity contribution >= 4 is 17.5 Å². The standard InChI is InChI=1S/C26H27N3O2/c1-18-11-13-20(14-12-18)25(19-7-3-2-4-8-19)27-17-24(30)29-23-10-6-5-9-22(23)26(31)28-21-15-16-21/h2-14,21,25,27H,15-17H2,1H3,(H,28,31)(H,29,30)/p+1/t25-/m1/s1. The van der Waals surface area contributed by atoms with E-state index in [2.05, 4.69) is 54.0 Å². The summed E-state index contributed by atoms with van der Waals surface area (Å²) in [4.78, 5) is 25.3.